The molecule has 4 heteroatoms. The van der Waals surface area contributed by atoms with Crippen LogP contribution in [0, 0.1) is 5.92 Å². The third-order valence-electron chi connectivity index (χ3n) is 5.46. The molecular weight excluding hydrogens is 300 g/mol. The van der Waals surface area contributed by atoms with Gasteiger partial charge in [-0.25, -0.2) is 0 Å². The van der Waals surface area contributed by atoms with E-state index < -0.39 is 0 Å². The average molecular weight is 328 g/mol. The van der Waals surface area contributed by atoms with Gasteiger partial charge in [0.1, 0.15) is 0 Å². The van der Waals surface area contributed by atoms with Gasteiger partial charge in [0.15, 0.2) is 0 Å². The molecule has 2 aliphatic rings. The van der Waals surface area contributed by atoms with Gasteiger partial charge >= 0.3 is 0 Å². The Balaban J connectivity index is 1.59. The molecule has 0 bridgehead atoms. The molecule has 1 saturated heterocycles. The number of carbonyl (C=O) groups is 2. The maximum atomic E-state index is 12.9. The van der Waals surface area contributed by atoms with Gasteiger partial charge in [0.2, 0.25) is 11.8 Å². The van der Waals surface area contributed by atoms with Crippen molar-refractivity contribution < 1.29 is 9.59 Å². The summed E-state index contributed by atoms with van der Waals surface area (Å²) >= 11 is 0. The molecule has 1 unspecified atom stereocenters. The van der Waals surface area contributed by atoms with Crippen LogP contribution in [0.25, 0.3) is 0 Å². The predicted octanol–water partition coefficient (Wildman–Crippen LogP) is 2.87. The summed E-state index contributed by atoms with van der Waals surface area (Å²) in [4.78, 5) is 29.4. The molecule has 0 spiro atoms. The Bertz CT molecular complexity index is 568. The first kappa shape index (κ1) is 17.0. The van der Waals surface area contributed by atoms with Crippen LogP contribution in [-0.4, -0.2) is 47.3 Å². The monoisotopic (exact) mass is 328 g/mol. The number of benzene rings is 1. The molecule has 3 rings (SSSR count). The number of likely N-dealkylation sites (tertiary alicyclic amines) is 1. The fraction of sp³-hybridized carbons (Fsp3) is 0.600. The zero-order valence-electron chi connectivity index (χ0n) is 14.6. The van der Waals surface area contributed by atoms with E-state index in [-0.39, 0.29) is 17.7 Å². The van der Waals surface area contributed by atoms with E-state index in [1.165, 1.54) is 6.42 Å². The SMILES string of the molecule is CCN(C(=O)C1CCCN(C(=O)Cc2ccccc2)C1)C1CCC1. The number of carbonyl (C=O) groups excluding carboxylic acids is 2. The molecule has 24 heavy (non-hydrogen) atoms. The highest BCUT2D eigenvalue weighted by atomic mass is 16.2. The van der Waals surface area contributed by atoms with Crippen molar-refractivity contribution in [2.75, 3.05) is 19.6 Å². The minimum absolute atomic E-state index is 0.0148. The van der Waals surface area contributed by atoms with E-state index in [4.69, 9.17) is 0 Å². The molecule has 0 aromatic heterocycles. The summed E-state index contributed by atoms with van der Waals surface area (Å²) in [6.45, 7) is 4.23. The topological polar surface area (TPSA) is 40.6 Å². The largest absolute Gasteiger partial charge is 0.342 e. The van der Waals surface area contributed by atoms with E-state index in [0.717, 1.165) is 44.3 Å². The lowest BCUT2D eigenvalue weighted by atomic mass is 9.89. The Kier molecular flexibility index (Phi) is 5.54. The van der Waals surface area contributed by atoms with Crippen molar-refractivity contribution in [2.24, 2.45) is 5.92 Å². The Hall–Kier alpha value is -1.84. The van der Waals surface area contributed by atoms with Crippen LogP contribution < -0.4 is 0 Å². The van der Waals surface area contributed by atoms with E-state index >= 15 is 0 Å². The molecule has 0 radical (unpaired) electrons. The molecule has 1 atom stereocenters. The minimum Gasteiger partial charge on any atom is -0.342 e. The fourth-order valence-electron chi connectivity index (χ4n) is 3.81. The first-order chi connectivity index (χ1) is 11.7. The van der Waals surface area contributed by atoms with Gasteiger partial charge in [-0.3, -0.25) is 9.59 Å². The number of amides is 2. The van der Waals surface area contributed by atoms with Crippen LogP contribution in [0.5, 0.6) is 0 Å². The molecular formula is C20H28N2O2. The molecule has 1 aliphatic carbocycles. The maximum absolute atomic E-state index is 12.9. The molecule has 4 nitrogen and oxygen atoms in total. The molecule has 1 aromatic rings. The molecule has 1 heterocycles. The van der Waals surface area contributed by atoms with Crippen LogP contribution in [0.2, 0.25) is 0 Å². The lowest BCUT2D eigenvalue weighted by molar-refractivity contribution is -0.143. The molecule has 0 N–H and O–H groups in total. The highest BCUT2D eigenvalue weighted by Crippen LogP contribution is 2.28. The Labute approximate surface area is 144 Å². The van der Waals surface area contributed by atoms with Crippen molar-refractivity contribution in [1.29, 1.82) is 0 Å². The van der Waals surface area contributed by atoms with Gasteiger partial charge in [-0.05, 0) is 44.6 Å². The Morgan fingerprint density at radius 2 is 1.88 bits per heavy atom. The van der Waals surface area contributed by atoms with Gasteiger partial charge in [-0.15, -0.1) is 0 Å². The van der Waals surface area contributed by atoms with Crippen LogP contribution in [0.3, 0.4) is 0 Å². The van der Waals surface area contributed by atoms with Crippen molar-refractivity contribution >= 4 is 11.8 Å². The summed E-state index contributed by atoms with van der Waals surface area (Å²) in [5.74, 6) is 0.392. The number of hydrogen-bond acceptors (Lipinski definition) is 2. The zero-order chi connectivity index (χ0) is 16.9. The summed E-state index contributed by atoms with van der Waals surface area (Å²) in [6.07, 6.45) is 5.80. The van der Waals surface area contributed by atoms with Crippen LogP contribution in [-0.2, 0) is 16.0 Å². The van der Waals surface area contributed by atoms with E-state index in [1.54, 1.807) is 0 Å². The van der Waals surface area contributed by atoms with Crippen molar-refractivity contribution in [3.8, 4) is 0 Å². The molecule has 2 fully saturated rings. The lowest BCUT2D eigenvalue weighted by Crippen LogP contribution is -2.51. The van der Waals surface area contributed by atoms with Gasteiger partial charge in [-0.1, -0.05) is 30.3 Å². The lowest BCUT2D eigenvalue weighted by Gasteiger charge is -2.41. The quantitative estimate of drug-likeness (QED) is 0.834. The molecule has 1 aromatic carbocycles. The second-order valence-electron chi connectivity index (χ2n) is 7.05. The smallest absolute Gasteiger partial charge is 0.227 e. The van der Waals surface area contributed by atoms with Crippen LogP contribution in [0.1, 0.15) is 44.6 Å². The maximum Gasteiger partial charge on any atom is 0.227 e. The van der Waals surface area contributed by atoms with E-state index in [0.29, 0.717) is 19.0 Å². The Morgan fingerprint density at radius 3 is 2.50 bits per heavy atom. The summed E-state index contributed by atoms with van der Waals surface area (Å²) in [6, 6.07) is 10.3. The van der Waals surface area contributed by atoms with Gasteiger partial charge in [0.05, 0.1) is 12.3 Å². The first-order valence-corrected chi connectivity index (χ1v) is 9.31. The van der Waals surface area contributed by atoms with Gasteiger partial charge < -0.3 is 9.80 Å². The number of hydrogen-bond donors (Lipinski definition) is 0. The molecule has 1 saturated carbocycles. The molecule has 2 amide bonds. The van der Waals surface area contributed by atoms with E-state index in [9.17, 15) is 9.59 Å². The Morgan fingerprint density at radius 1 is 1.12 bits per heavy atom. The van der Waals surface area contributed by atoms with Crippen molar-refractivity contribution in [3.63, 3.8) is 0 Å². The standard InChI is InChI=1S/C20H28N2O2/c1-2-22(18-11-6-12-18)20(24)17-10-7-13-21(15-17)19(23)14-16-8-4-3-5-9-16/h3-5,8-9,17-18H,2,6-7,10-15H2,1H3. The zero-order valence-corrected chi connectivity index (χ0v) is 14.6. The average Bonchev–Trinajstić information content (AvgIpc) is 2.58. The van der Waals surface area contributed by atoms with Crippen LogP contribution >= 0.6 is 0 Å². The van der Waals surface area contributed by atoms with Gasteiger partial charge in [0.25, 0.3) is 0 Å². The van der Waals surface area contributed by atoms with Gasteiger partial charge in [0, 0.05) is 25.7 Å². The van der Waals surface area contributed by atoms with Gasteiger partial charge in [-0.2, -0.15) is 0 Å². The van der Waals surface area contributed by atoms with E-state index in [1.807, 2.05) is 35.2 Å². The number of piperidine rings is 1. The second-order valence-corrected chi connectivity index (χ2v) is 7.05. The third-order valence-corrected chi connectivity index (χ3v) is 5.46. The minimum atomic E-state index is -0.0148. The third kappa shape index (κ3) is 3.80. The van der Waals surface area contributed by atoms with Crippen molar-refractivity contribution in [1.82, 2.24) is 9.80 Å². The van der Waals surface area contributed by atoms with Crippen molar-refractivity contribution in [3.05, 3.63) is 35.9 Å². The summed E-state index contributed by atoms with van der Waals surface area (Å²) in [5, 5.41) is 0. The van der Waals surface area contributed by atoms with Crippen molar-refractivity contribution in [2.45, 2.75) is 51.5 Å². The fourth-order valence-corrected chi connectivity index (χ4v) is 3.81. The summed E-state index contributed by atoms with van der Waals surface area (Å²) in [5.41, 5.74) is 1.04. The first-order valence-electron chi connectivity index (χ1n) is 9.31. The van der Waals surface area contributed by atoms with Crippen LogP contribution in [0.4, 0.5) is 0 Å². The number of nitrogens with zero attached hydrogens (tertiary/aromatic N) is 2. The molecule has 1 aliphatic heterocycles. The molecule has 130 valence electrons. The summed E-state index contributed by atoms with van der Waals surface area (Å²) < 4.78 is 0. The highest BCUT2D eigenvalue weighted by Gasteiger charge is 2.35. The summed E-state index contributed by atoms with van der Waals surface area (Å²) in [7, 11) is 0. The number of rotatable bonds is 5. The second kappa shape index (κ2) is 7.82. The highest BCUT2D eigenvalue weighted by molar-refractivity contribution is 5.82. The normalized spacial score (nSPS) is 21.2. The van der Waals surface area contributed by atoms with E-state index in [2.05, 4.69) is 11.8 Å². The predicted molar refractivity (Wildman–Crippen MR) is 94.5 cm³/mol. The van der Waals surface area contributed by atoms with Crippen LogP contribution in [0.15, 0.2) is 30.3 Å².